The number of nitrogens with one attached hydrogen (secondary N) is 2. The van der Waals surface area contributed by atoms with Crippen LogP contribution < -0.4 is 30.0 Å². The Bertz CT molecular complexity index is 1200. The molecule has 2 N–H and O–H groups in total. The summed E-state index contributed by atoms with van der Waals surface area (Å²) < 4.78 is 16.8. The molecule has 1 saturated heterocycles. The molecule has 1 fully saturated rings. The van der Waals surface area contributed by atoms with Crippen molar-refractivity contribution >= 4 is 5.69 Å². The number of benzene rings is 3. The summed E-state index contributed by atoms with van der Waals surface area (Å²) in [7, 11) is 5.09. The van der Waals surface area contributed by atoms with Gasteiger partial charge in [-0.2, -0.15) is 0 Å². The number of hydrogen-bond acceptors (Lipinski definition) is 6. The van der Waals surface area contributed by atoms with Gasteiger partial charge >= 0.3 is 0 Å². The van der Waals surface area contributed by atoms with Crippen molar-refractivity contribution in [2.24, 2.45) is 5.92 Å². The van der Waals surface area contributed by atoms with Gasteiger partial charge in [-0.15, -0.1) is 0 Å². The van der Waals surface area contributed by atoms with Crippen LogP contribution in [0.25, 0.3) is 0 Å². The fraction of sp³-hybridized carbons (Fsp3) is 0.357. The third kappa shape index (κ3) is 3.97. The standard InChI is InChI=1S/C28H33N3O3/c1-17-9-10-20(11-18(17)2)27-23-16-31(15-19-7-6-8-21(12-19)32-3)24-14-26(34-5)25(33-4)13-22(24)28(23)30-29-27/h6-14,23,27-30H,15-16H2,1-5H3. The maximum Gasteiger partial charge on any atom is 0.162 e. The van der Waals surface area contributed by atoms with Crippen molar-refractivity contribution in [2.75, 3.05) is 32.8 Å². The van der Waals surface area contributed by atoms with Crippen molar-refractivity contribution in [3.05, 3.63) is 82.4 Å². The third-order valence-corrected chi connectivity index (χ3v) is 7.29. The van der Waals surface area contributed by atoms with Crippen molar-refractivity contribution < 1.29 is 14.2 Å². The first kappa shape index (κ1) is 22.6. The zero-order valence-corrected chi connectivity index (χ0v) is 20.5. The van der Waals surface area contributed by atoms with E-state index in [4.69, 9.17) is 14.2 Å². The molecule has 0 amide bonds. The van der Waals surface area contributed by atoms with E-state index < -0.39 is 0 Å². The molecule has 5 rings (SSSR count). The van der Waals surface area contributed by atoms with Crippen LogP contribution in [0.2, 0.25) is 0 Å². The van der Waals surface area contributed by atoms with Gasteiger partial charge in [0.2, 0.25) is 0 Å². The number of fused-ring (bicyclic) bond motifs is 3. The van der Waals surface area contributed by atoms with Crippen LogP contribution in [0.3, 0.4) is 0 Å². The average molecular weight is 460 g/mol. The van der Waals surface area contributed by atoms with Gasteiger partial charge < -0.3 is 19.1 Å². The molecule has 0 bridgehead atoms. The summed E-state index contributed by atoms with van der Waals surface area (Å²) in [5.41, 5.74) is 14.7. The van der Waals surface area contributed by atoms with E-state index in [1.807, 2.05) is 12.1 Å². The summed E-state index contributed by atoms with van der Waals surface area (Å²) in [6, 6.07) is 19.7. The fourth-order valence-corrected chi connectivity index (χ4v) is 5.29. The van der Waals surface area contributed by atoms with Gasteiger partial charge in [0.05, 0.1) is 33.4 Å². The van der Waals surface area contributed by atoms with E-state index in [1.165, 1.54) is 27.8 Å². The van der Waals surface area contributed by atoms with Gasteiger partial charge in [-0.3, -0.25) is 0 Å². The number of ether oxygens (including phenoxy) is 3. The zero-order chi connectivity index (χ0) is 23.8. The molecule has 0 radical (unpaired) electrons. The minimum Gasteiger partial charge on any atom is -0.497 e. The summed E-state index contributed by atoms with van der Waals surface area (Å²) >= 11 is 0. The molecule has 0 aromatic heterocycles. The van der Waals surface area contributed by atoms with E-state index in [2.05, 4.69) is 72.1 Å². The second-order valence-electron chi connectivity index (χ2n) is 9.25. The Labute approximate surface area is 201 Å². The second kappa shape index (κ2) is 9.20. The number of anilines is 1. The molecule has 34 heavy (non-hydrogen) atoms. The van der Waals surface area contributed by atoms with Crippen molar-refractivity contribution in [3.8, 4) is 17.2 Å². The zero-order valence-electron chi connectivity index (χ0n) is 20.5. The molecule has 2 aliphatic heterocycles. The Morgan fingerprint density at radius 1 is 0.824 bits per heavy atom. The molecular formula is C28H33N3O3. The molecular weight excluding hydrogens is 426 g/mol. The highest BCUT2D eigenvalue weighted by Crippen LogP contribution is 2.49. The second-order valence-corrected chi connectivity index (χ2v) is 9.25. The highest BCUT2D eigenvalue weighted by atomic mass is 16.5. The van der Waals surface area contributed by atoms with Gasteiger partial charge in [0, 0.05) is 30.8 Å². The van der Waals surface area contributed by atoms with Crippen molar-refractivity contribution in [2.45, 2.75) is 32.5 Å². The van der Waals surface area contributed by atoms with Crippen molar-refractivity contribution in [1.29, 1.82) is 0 Å². The maximum atomic E-state index is 5.67. The van der Waals surface area contributed by atoms with E-state index in [9.17, 15) is 0 Å². The lowest BCUT2D eigenvalue weighted by atomic mass is 9.81. The number of rotatable bonds is 6. The summed E-state index contributed by atoms with van der Waals surface area (Å²) in [6.45, 7) is 6.03. The van der Waals surface area contributed by atoms with Crippen LogP contribution in [0.1, 0.15) is 39.9 Å². The van der Waals surface area contributed by atoms with E-state index in [-0.39, 0.29) is 12.1 Å². The Balaban J connectivity index is 1.56. The molecule has 6 nitrogen and oxygen atoms in total. The summed E-state index contributed by atoms with van der Waals surface area (Å²) in [6.07, 6.45) is 0. The lowest BCUT2D eigenvalue weighted by Crippen LogP contribution is -2.39. The summed E-state index contributed by atoms with van der Waals surface area (Å²) in [5, 5.41) is 0. The predicted octanol–water partition coefficient (Wildman–Crippen LogP) is 4.86. The smallest absolute Gasteiger partial charge is 0.162 e. The number of methoxy groups -OCH3 is 3. The molecule has 2 heterocycles. The Kier molecular flexibility index (Phi) is 6.11. The first-order valence-electron chi connectivity index (χ1n) is 11.7. The van der Waals surface area contributed by atoms with Gasteiger partial charge in [0.15, 0.2) is 11.5 Å². The highest BCUT2D eigenvalue weighted by molar-refractivity contribution is 5.65. The molecule has 3 atom stereocenters. The van der Waals surface area contributed by atoms with Gasteiger partial charge in [-0.25, -0.2) is 10.9 Å². The van der Waals surface area contributed by atoms with Crippen molar-refractivity contribution in [3.63, 3.8) is 0 Å². The number of aryl methyl sites for hydroxylation is 2. The van der Waals surface area contributed by atoms with Crippen LogP contribution in [0.4, 0.5) is 5.69 Å². The Hall–Kier alpha value is -3.22. The van der Waals surface area contributed by atoms with Crippen LogP contribution in [0.5, 0.6) is 17.2 Å². The van der Waals surface area contributed by atoms with Crippen LogP contribution in [0.15, 0.2) is 54.6 Å². The summed E-state index contributed by atoms with van der Waals surface area (Å²) in [4.78, 5) is 2.45. The molecule has 3 aromatic carbocycles. The molecule has 3 unspecified atom stereocenters. The lowest BCUT2D eigenvalue weighted by molar-refractivity contribution is 0.350. The van der Waals surface area contributed by atoms with Gasteiger partial charge in [-0.05, 0) is 59.9 Å². The molecule has 0 spiro atoms. The Morgan fingerprint density at radius 2 is 1.59 bits per heavy atom. The Morgan fingerprint density at radius 3 is 2.32 bits per heavy atom. The van der Waals surface area contributed by atoms with E-state index in [0.717, 1.165) is 36.0 Å². The lowest BCUT2D eigenvalue weighted by Gasteiger charge is -2.40. The molecule has 0 saturated carbocycles. The fourth-order valence-electron chi connectivity index (χ4n) is 5.29. The van der Waals surface area contributed by atoms with E-state index >= 15 is 0 Å². The van der Waals surface area contributed by atoms with Crippen LogP contribution >= 0.6 is 0 Å². The van der Waals surface area contributed by atoms with Crippen LogP contribution in [0, 0.1) is 19.8 Å². The average Bonchev–Trinajstić information content (AvgIpc) is 3.29. The largest absolute Gasteiger partial charge is 0.497 e. The normalized spacial score (nSPS) is 21.1. The third-order valence-electron chi connectivity index (χ3n) is 7.29. The van der Waals surface area contributed by atoms with Gasteiger partial charge in [-0.1, -0.05) is 30.3 Å². The van der Waals surface area contributed by atoms with Crippen LogP contribution in [-0.4, -0.2) is 27.9 Å². The summed E-state index contributed by atoms with van der Waals surface area (Å²) in [5.74, 6) is 2.71. The van der Waals surface area contributed by atoms with Gasteiger partial charge in [0.1, 0.15) is 5.75 Å². The molecule has 2 aliphatic rings. The van der Waals surface area contributed by atoms with E-state index in [1.54, 1.807) is 21.3 Å². The highest BCUT2D eigenvalue weighted by Gasteiger charge is 2.44. The molecule has 178 valence electrons. The van der Waals surface area contributed by atoms with Gasteiger partial charge in [0.25, 0.3) is 0 Å². The minimum absolute atomic E-state index is 0.169. The monoisotopic (exact) mass is 459 g/mol. The first-order chi connectivity index (χ1) is 16.5. The van der Waals surface area contributed by atoms with Crippen molar-refractivity contribution in [1.82, 2.24) is 10.9 Å². The van der Waals surface area contributed by atoms with E-state index in [0.29, 0.717) is 5.92 Å². The quantitative estimate of drug-likeness (QED) is 0.549. The topological polar surface area (TPSA) is 55.0 Å². The SMILES string of the molecule is COc1cccc(CN2CC3C(c4ccc(C)c(C)c4)NNC3c3cc(OC)c(OC)cc32)c1. The molecule has 3 aromatic rings. The first-order valence-corrected chi connectivity index (χ1v) is 11.7. The maximum absolute atomic E-state index is 5.67. The molecule has 6 heteroatoms. The number of hydrazine groups is 1. The number of nitrogens with zero attached hydrogens (tertiary/aromatic N) is 1. The molecule has 0 aliphatic carbocycles. The predicted molar refractivity (Wildman–Crippen MR) is 135 cm³/mol. The number of hydrogen-bond donors (Lipinski definition) is 2. The minimum atomic E-state index is 0.169. The van der Waals surface area contributed by atoms with Crippen LogP contribution in [-0.2, 0) is 6.54 Å².